The number of nitrogens with one attached hydrogen (secondary N) is 1. The number of carbonyl (C=O) groups excluding carboxylic acids is 1. The molecule has 1 N–H and O–H groups in total. The van der Waals surface area contributed by atoms with Gasteiger partial charge in [-0.05, 0) is 30.3 Å². The molecule has 122 valence electrons. The van der Waals surface area contributed by atoms with Gasteiger partial charge in [-0.1, -0.05) is 23.7 Å². The number of nitrogens with zero attached hydrogens (tertiary/aromatic N) is 2. The normalized spacial score (nSPS) is 11.0. The first kappa shape index (κ1) is 17.2. The zero-order valence-corrected chi connectivity index (χ0v) is 14.0. The van der Waals surface area contributed by atoms with E-state index in [4.69, 9.17) is 11.6 Å². The van der Waals surface area contributed by atoms with Crippen LogP contribution in [0.25, 0.3) is 0 Å². The number of aromatic nitrogens is 1. The molecule has 6 nitrogen and oxygen atoms in total. The third-order valence-corrected chi connectivity index (χ3v) is 4.35. The summed E-state index contributed by atoms with van der Waals surface area (Å²) < 4.78 is 24.9. The van der Waals surface area contributed by atoms with Gasteiger partial charge in [0.25, 0.3) is 0 Å². The molecule has 1 aromatic heterocycles. The molecule has 0 spiro atoms. The molecule has 1 heterocycles. The highest BCUT2D eigenvalue weighted by atomic mass is 35.5. The Morgan fingerprint density at radius 3 is 2.65 bits per heavy atom. The van der Waals surface area contributed by atoms with Gasteiger partial charge in [-0.15, -0.1) is 0 Å². The van der Waals surface area contributed by atoms with Crippen LogP contribution in [0.1, 0.15) is 5.69 Å². The molecule has 2 aromatic rings. The Bertz CT molecular complexity index is 782. The number of amides is 1. The number of benzene rings is 1. The SMILES string of the molecule is CS(=O)(=O)N(CC(=O)NCc1ccccn1)c1cccc(Cl)c1. The van der Waals surface area contributed by atoms with Gasteiger partial charge in [-0.2, -0.15) is 0 Å². The molecule has 0 aliphatic carbocycles. The Morgan fingerprint density at radius 1 is 1.26 bits per heavy atom. The second-order valence-corrected chi connectivity index (χ2v) is 7.19. The van der Waals surface area contributed by atoms with Crippen molar-refractivity contribution in [2.24, 2.45) is 0 Å². The minimum atomic E-state index is -3.61. The standard InChI is InChI=1S/C15H16ClN3O3S/c1-23(21,22)19(14-7-4-5-12(16)9-14)11-15(20)18-10-13-6-2-3-8-17-13/h2-9H,10-11H2,1H3,(H,18,20). The van der Waals surface area contributed by atoms with Gasteiger partial charge in [0.15, 0.2) is 0 Å². The number of pyridine rings is 1. The van der Waals surface area contributed by atoms with Gasteiger partial charge < -0.3 is 5.32 Å². The second-order valence-electron chi connectivity index (χ2n) is 4.85. The first-order chi connectivity index (χ1) is 10.9. The molecule has 0 aliphatic rings. The molecule has 2 rings (SSSR count). The van der Waals surface area contributed by atoms with E-state index in [9.17, 15) is 13.2 Å². The van der Waals surface area contributed by atoms with E-state index >= 15 is 0 Å². The van der Waals surface area contributed by atoms with Crippen LogP contribution >= 0.6 is 11.6 Å². The molecule has 0 fully saturated rings. The molecule has 23 heavy (non-hydrogen) atoms. The number of carbonyl (C=O) groups is 1. The minimum Gasteiger partial charge on any atom is -0.349 e. The van der Waals surface area contributed by atoms with Crippen molar-refractivity contribution in [3.63, 3.8) is 0 Å². The lowest BCUT2D eigenvalue weighted by Crippen LogP contribution is -2.40. The fraction of sp³-hybridized carbons (Fsp3) is 0.200. The zero-order chi connectivity index (χ0) is 16.9. The molecule has 1 aromatic carbocycles. The Hall–Kier alpha value is -2.12. The third kappa shape index (κ3) is 5.22. The van der Waals surface area contributed by atoms with Gasteiger partial charge >= 0.3 is 0 Å². The van der Waals surface area contributed by atoms with Crippen molar-refractivity contribution in [3.8, 4) is 0 Å². The molecular formula is C15H16ClN3O3S. The summed E-state index contributed by atoms with van der Waals surface area (Å²) >= 11 is 5.89. The predicted molar refractivity (Wildman–Crippen MR) is 89.7 cm³/mol. The van der Waals surface area contributed by atoms with Crippen LogP contribution in [-0.2, 0) is 21.4 Å². The Labute approximate surface area is 140 Å². The van der Waals surface area contributed by atoms with Gasteiger partial charge in [-0.3, -0.25) is 14.1 Å². The van der Waals surface area contributed by atoms with Gasteiger partial charge in [0.05, 0.1) is 24.2 Å². The van der Waals surface area contributed by atoms with Crippen molar-refractivity contribution in [1.82, 2.24) is 10.3 Å². The van der Waals surface area contributed by atoms with Crippen molar-refractivity contribution in [2.45, 2.75) is 6.54 Å². The molecule has 0 unspecified atom stereocenters. The number of hydrogen-bond donors (Lipinski definition) is 1. The molecule has 0 saturated heterocycles. The lowest BCUT2D eigenvalue weighted by atomic mass is 10.3. The van der Waals surface area contributed by atoms with E-state index in [2.05, 4.69) is 10.3 Å². The van der Waals surface area contributed by atoms with Crippen LogP contribution < -0.4 is 9.62 Å². The topological polar surface area (TPSA) is 79.4 Å². The fourth-order valence-electron chi connectivity index (χ4n) is 1.91. The first-order valence-corrected chi connectivity index (χ1v) is 8.99. The predicted octanol–water partition coefficient (Wildman–Crippen LogP) is 1.82. The molecular weight excluding hydrogens is 338 g/mol. The third-order valence-electron chi connectivity index (χ3n) is 2.98. The summed E-state index contributed by atoms with van der Waals surface area (Å²) in [6, 6.07) is 11.7. The molecule has 8 heteroatoms. The summed E-state index contributed by atoms with van der Waals surface area (Å²) in [5.74, 6) is -0.430. The van der Waals surface area contributed by atoms with Gasteiger partial charge in [-0.25, -0.2) is 8.42 Å². The number of halogens is 1. The van der Waals surface area contributed by atoms with Gasteiger partial charge in [0.2, 0.25) is 15.9 Å². The van der Waals surface area contributed by atoms with Crippen molar-refractivity contribution in [1.29, 1.82) is 0 Å². The smallest absolute Gasteiger partial charge is 0.241 e. The van der Waals surface area contributed by atoms with Crippen LogP contribution in [0.3, 0.4) is 0 Å². The highest BCUT2D eigenvalue weighted by Crippen LogP contribution is 2.21. The maximum absolute atomic E-state index is 12.1. The molecule has 0 saturated carbocycles. The average Bonchev–Trinajstić information content (AvgIpc) is 2.50. The van der Waals surface area contributed by atoms with Crippen molar-refractivity contribution in [2.75, 3.05) is 17.1 Å². The van der Waals surface area contributed by atoms with Crippen LogP contribution in [0, 0.1) is 0 Å². The summed E-state index contributed by atoms with van der Waals surface area (Å²) in [5.41, 5.74) is 1.03. The van der Waals surface area contributed by atoms with E-state index in [1.165, 1.54) is 6.07 Å². The number of rotatable bonds is 6. The van der Waals surface area contributed by atoms with Crippen molar-refractivity contribution < 1.29 is 13.2 Å². The van der Waals surface area contributed by atoms with Crippen LogP contribution in [0.15, 0.2) is 48.7 Å². The average molecular weight is 354 g/mol. The van der Waals surface area contributed by atoms with Crippen LogP contribution in [-0.4, -0.2) is 32.1 Å². The van der Waals surface area contributed by atoms with Crippen LogP contribution in [0.5, 0.6) is 0 Å². The van der Waals surface area contributed by atoms with E-state index < -0.39 is 15.9 Å². The summed E-state index contributed by atoms with van der Waals surface area (Å²) in [5, 5.41) is 3.04. The maximum atomic E-state index is 12.1. The van der Waals surface area contributed by atoms with Crippen LogP contribution in [0.2, 0.25) is 5.02 Å². The lowest BCUT2D eigenvalue weighted by molar-refractivity contribution is -0.119. The lowest BCUT2D eigenvalue weighted by Gasteiger charge is -2.22. The first-order valence-electron chi connectivity index (χ1n) is 6.76. The fourth-order valence-corrected chi connectivity index (χ4v) is 2.94. The van der Waals surface area contributed by atoms with E-state index in [1.54, 1.807) is 36.5 Å². The number of anilines is 1. The van der Waals surface area contributed by atoms with Crippen molar-refractivity contribution in [3.05, 3.63) is 59.4 Å². The number of hydrogen-bond acceptors (Lipinski definition) is 4. The van der Waals surface area contributed by atoms with Gasteiger partial charge in [0.1, 0.15) is 6.54 Å². The monoisotopic (exact) mass is 353 g/mol. The molecule has 0 atom stereocenters. The second kappa shape index (κ2) is 7.43. The van der Waals surface area contributed by atoms with Crippen molar-refractivity contribution >= 4 is 33.2 Å². The van der Waals surface area contributed by atoms with E-state index in [-0.39, 0.29) is 13.1 Å². The summed E-state index contributed by atoms with van der Waals surface area (Å²) in [6.07, 6.45) is 2.66. The molecule has 0 bridgehead atoms. The Morgan fingerprint density at radius 2 is 2.04 bits per heavy atom. The molecule has 0 aliphatic heterocycles. The quantitative estimate of drug-likeness (QED) is 0.859. The maximum Gasteiger partial charge on any atom is 0.241 e. The van der Waals surface area contributed by atoms with Crippen LogP contribution in [0.4, 0.5) is 5.69 Å². The zero-order valence-electron chi connectivity index (χ0n) is 12.4. The Balaban J connectivity index is 2.08. The number of sulfonamides is 1. The highest BCUT2D eigenvalue weighted by molar-refractivity contribution is 7.92. The van der Waals surface area contributed by atoms with E-state index in [0.29, 0.717) is 16.4 Å². The summed E-state index contributed by atoms with van der Waals surface area (Å²) in [4.78, 5) is 16.1. The molecule has 1 amide bonds. The highest BCUT2D eigenvalue weighted by Gasteiger charge is 2.20. The summed E-state index contributed by atoms with van der Waals surface area (Å²) in [7, 11) is -3.61. The largest absolute Gasteiger partial charge is 0.349 e. The Kier molecular flexibility index (Phi) is 5.57. The van der Waals surface area contributed by atoms with E-state index in [0.717, 1.165) is 10.6 Å². The summed E-state index contributed by atoms with van der Waals surface area (Å²) in [6.45, 7) is -0.0984. The minimum absolute atomic E-state index is 0.229. The van der Waals surface area contributed by atoms with E-state index in [1.807, 2.05) is 6.07 Å². The molecule has 0 radical (unpaired) electrons. The van der Waals surface area contributed by atoms with Gasteiger partial charge in [0, 0.05) is 11.2 Å².